The van der Waals surface area contributed by atoms with Crippen molar-refractivity contribution in [2.24, 2.45) is 0 Å². The van der Waals surface area contributed by atoms with E-state index >= 15 is 0 Å². The van der Waals surface area contributed by atoms with E-state index in [1.807, 2.05) is 49.3 Å². The third kappa shape index (κ3) is 5.66. The molecule has 0 spiro atoms. The number of ether oxygens (including phenoxy) is 2. The van der Waals surface area contributed by atoms with Crippen LogP contribution in [0.3, 0.4) is 0 Å². The Morgan fingerprint density at radius 1 is 0.909 bits per heavy atom. The zero-order valence-electron chi connectivity index (χ0n) is 19.4. The lowest BCUT2D eigenvalue weighted by molar-refractivity contribution is 0.337. The van der Waals surface area contributed by atoms with Gasteiger partial charge in [0.25, 0.3) is 0 Å². The van der Waals surface area contributed by atoms with Gasteiger partial charge in [0.2, 0.25) is 5.95 Å². The molecule has 0 aliphatic heterocycles. The van der Waals surface area contributed by atoms with E-state index in [1.165, 1.54) is 0 Å². The number of methoxy groups -OCH3 is 2. The number of para-hydroxylation sites is 2. The zero-order chi connectivity index (χ0) is 22.5. The Morgan fingerprint density at radius 3 is 2.33 bits per heavy atom. The molecule has 0 saturated heterocycles. The largest absolute Gasteiger partial charge is 0.493 e. The molecule has 3 aromatic rings. The molecule has 7 nitrogen and oxygen atoms in total. The lowest BCUT2D eigenvalue weighted by Gasteiger charge is -2.30. The van der Waals surface area contributed by atoms with Crippen molar-refractivity contribution in [2.75, 3.05) is 38.5 Å². The van der Waals surface area contributed by atoms with Crippen LogP contribution in [-0.2, 0) is 6.54 Å². The number of nitrogens with one attached hydrogen (secondary N) is 2. The van der Waals surface area contributed by atoms with E-state index in [2.05, 4.69) is 22.8 Å². The molecule has 0 unspecified atom stereocenters. The third-order valence-corrected chi connectivity index (χ3v) is 6.13. The molecule has 1 aromatic heterocycles. The molecule has 2 N–H and O–H groups in total. The fourth-order valence-electron chi connectivity index (χ4n) is 4.44. The highest BCUT2D eigenvalue weighted by Gasteiger charge is 2.22. The predicted octanol–water partition coefficient (Wildman–Crippen LogP) is 4.86. The van der Waals surface area contributed by atoms with Crippen molar-refractivity contribution < 1.29 is 9.47 Å². The van der Waals surface area contributed by atoms with Crippen LogP contribution in [0.2, 0.25) is 0 Å². The molecule has 0 amide bonds. The second-order valence-electron chi connectivity index (χ2n) is 8.51. The van der Waals surface area contributed by atoms with Gasteiger partial charge in [-0.2, -0.15) is 4.98 Å². The maximum Gasteiger partial charge on any atom is 0.225 e. The first-order valence-corrected chi connectivity index (χ1v) is 11.2. The molecule has 0 radical (unpaired) electrons. The van der Waals surface area contributed by atoms with Gasteiger partial charge in [-0.05, 0) is 43.9 Å². The molecule has 0 atom stereocenters. The van der Waals surface area contributed by atoms with Crippen molar-refractivity contribution in [2.45, 2.75) is 51.7 Å². The quantitative estimate of drug-likeness (QED) is 0.507. The first-order valence-electron chi connectivity index (χ1n) is 11.2. The molecule has 1 fully saturated rings. The van der Waals surface area contributed by atoms with Gasteiger partial charge in [0.15, 0.2) is 11.5 Å². The number of benzene rings is 2. The van der Waals surface area contributed by atoms with Crippen molar-refractivity contribution in [3.05, 3.63) is 48.0 Å². The van der Waals surface area contributed by atoms with Gasteiger partial charge in [0.05, 0.1) is 19.7 Å². The number of hydrogen-bond acceptors (Lipinski definition) is 7. The molecule has 178 valence electrons. The van der Waals surface area contributed by atoms with E-state index in [4.69, 9.17) is 19.4 Å². The van der Waals surface area contributed by atoms with Gasteiger partial charge in [0, 0.05) is 43.7 Å². The van der Waals surface area contributed by atoms with E-state index < -0.39 is 0 Å². The fraction of sp³-hybridized carbons (Fsp3) is 0.462. The third-order valence-electron chi connectivity index (χ3n) is 6.13. The Morgan fingerprint density at radius 2 is 1.64 bits per heavy atom. The minimum atomic E-state index is 0. The van der Waals surface area contributed by atoms with Gasteiger partial charge in [-0.25, -0.2) is 4.98 Å². The summed E-state index contributed by atoms with van der Waals surface area (Å²) in [5.74, 6) is 3.24. The zero-order valence-corrected chi connectivity index (χ0v) is 19.4. The number of aromatic nitrogens is 2. The van der Waals surface area contributed by atoms with E-state index in [9.17, 15) is 0 Å². The highest BCUT2D eigenvalue weighted by Crippen LogP contribution is 2.31. The summed E-state index contributed by atoms with van der Waals surface area (Å²) in [6, 6.07) is 15.1. The Kier molecular flexibility index (Phi) is 8.33. The van der Waals surface area contributed by atoms with Crippen LogP contribution in [0.25, 0.3) is 10.9 Å². The van der Waals surface area contributed by atoms with Crippen LogP contribution in [0.1, 0.15) is 38.7 Å². The first-order chi connectivity index (χ1) is 15.6. The molecular weight excluding hydrogens is 414 g/mol. The average Bonchev–Trinajstić information content (AvgIpc) is 2.82. The summed E-state index contributed by atoms with van der Waals surface area (Å²) in [5.41, 5.74) is 2.09. The number of hydrogen-bond donors (Lipinski definition) is 2. The number of fused-ring (bicyclic) bond motifs is 1. The van der Waals surface area contributed by atoms with Crippen molar-refractivity contribution >= 4 is 22.7 Å². The number of rotatable bonds is 8. The Labute approximate surface area is 197 Å². The Balaban J connectivity index is 0.00000306. The van der Waals surface area contributed by atoms with E-state index in [1.54, 1.807) is 14.2 Å². The molecule has 1 heterocycles. The van der Waals surface area contributed by atoms with Gasteiger partial charge in [0.1, 0.15) is 5.82 Å². The molecule has 2 aromatic carbocycles. The Bertz CT molecular complexity index is 1050. The highest BCUT2D eigenvalue weighted by molar-refractivity contribution is 5.90. The summed E-state index contributed by atoms with van der Waals surface area (Å²) in [6.07, 6.45) is 4.39. The smallest absolute Gasteiger partial charge is 0.225 e. The molecule has 1 aliphatic rings. The van der Waals surface area contributed by atoms with Gasteiger partial charge < -0.3 is 25.0 Å². The van der Waals surface area contributed by atoms with Crippen molar-refractivity contribution in [1.82, 2.24) is 15.3 Å². The topological polar surface area (TPSA) is 71.5 Å². The monoisotopic (exact) mass is 451 g/mol. The molecule has 1 saturated carbocycles. The maximum atomic E-state index is 5.56. The van der Waals surface area contributed by atoms with Gasteiger partial charge in [-0.3, -0.25) is 0 Å². The first kappa shape index (κ1) is 24.6. The summed E-state index contributed by atoms with van der Waals surface area (Å²) in [4.78, 5) is 11.6. The summed E-state index contributed by atoms with van der Waals surface area (Å²) in [6.45, 7) is 0.767. The lowest BCUT2D eigenvalue weighted by atomic mass is 9.91. The molecule has 1 aliphatic carbocycles. The van der Waals surface area contributed by atoms with Crippen LogP contribution in [0.5, 0.6) is 11.5 Å². The predicted molar refractivity (Wildman–Crippen MR) is 137 cm³/mol. The molecule has 4 rings (SSSR count). The van der Waals surface area contributed by atoms with Crippen molar-refractivity contribution in [3.63, 3.8) is 0 Å². The summed E-state index contributed by atoms with van der Waals surface area (Å²) in [5, 5.41) is 8.35. The van der Waals surface area contributed by atoms with Crippen LogP contribution < -0.4 is 25.0 Å². The standard InChI is InChI=1S/C25H33N5O2.CH4/c1-30(2)24-20-9-5-6-10-21(20)28-25(29-24)27-19-14-12-18(13-15-19)26-16-17-8-7-11-22(31-3)23(17)32-4;/h5-11,18-19,26H,12-16H2,1-4H3,(H,27,28,29);1H4. The van der Waals surface area contributed by atoms with Gasteiger partial charge in [-0.1, -0.05) is 31.7 Å². The lowest BCUT2D eigenvalue weighted by Crippen LogP contribution is -2.37. The minimum absolute atomic E-state index is 0. The SMILES string of the molecule is C.COc1cccc(CNC2CCC(Nc3nc(N(C)C)c4ccccc4n3)CC2)c1OC. The molecular formula is C26H37N5O2. The summed E-state index contributed by atoms with van der Waals surface area (Å²) in [7, 11) is 7.40. The summed E-state index contributed by atoms with van der Waals surface area (Å²) < 4.78 is 11.0. The normalized spacial score (nSPS) is 17.8. The fourth-order valence-corrected chi connectivity index (χ4v) is 4.44. The highest BCUT2D eigenvalue weighted by atomic mass is 16.5. The van der Waals surface area contributed by atoms with E-state index in [0.717, 1.165) is 66.0 Å². The van der Waals surface area contributed by atoms with Crippen LogP contribution in [-0.4, -0.2) is 50.4 Å². The maximum absolute atomic E-state index is 5.56. The van der Waals surface area contributed by atoms with Gasteiger partial charge >= 0.3 is 0 Å². The van der Waals surface area contributed by atoms with Crippen LogP contribution in [0.15, 0.2) is 42.5 Å². The second-order valence-corrected chi connectivity index (χ2v) is 8.51. The van der Waals surface area contributed by atoms with Gasteiger partial charge in [-0.15, -0.1) is 0 Å². The van der Waals surface area contributed by atoms with E-state index in [-0.39, 0.29) is 7.43 Å². The second kappa shape index (κ2) is 11.2. The molecule has 7 heteroatoms. The molecule has 33 heavy (non-hydrogen) atoms. The van der Waals surface area contributed by atoms with Crippen molar-refractivity contribution in [3.8, 4) is 11.5 Å². The van der Waals surface area contributed by atoms with Crippen LogP contribution in [0.4, 0.5) is 11.8 Å². The number of nitrogens with zero attached hydrogens (tertiary/aromatic N) is 3. The average molecular weight is 452 g/mol. The minimum Gasteiger partial charge on any atom is -0.493 e. The van der Waals surface area contributed by atoms with Crippen LogP contribution >= 0.6 is 0 Å². The summed E-state index contributed by atoms with van der Waals surface area (Å²) >= 11 is 0. The number of anilines is 2. The van der Waals surface area contributed by atoms with Crippen LogP contribution in [0, 0.1) is 0 Å². The van der Waals surface area contributed by atoms with Crippen molar-refractivity contribution in [1.29, 1.82) is 0 Å². The Hall–Kier alpha value is -3.06. The molecule has 0 bridgehead atoms. The van der Waals surface area contributed by atoms with E-state index in [0.29, 0.717) is 18.0 Å².